The van der Waals surface area contributed by atoms with Crippen molar-refractivity contribution in [1.29, 1.82) is 0 Å². The SMILES string of the molecule is CCC(C)NCC(=O)Nc1cccc(Br)c1O. The summed E-state index contributed by atoms with van der Waals surface area (Å²) in [4.78, 5) is 11.6. The van der Waals surface area contributed by atoms with Gasteiger partial charge in [0, 0.05) is 6.04 Å². The fourth-order valence-electron chi connectivity index (χ4n) is 1.22. The number of para-hydroxylation sites is 1. The van der Waals surface area contributed by atoms with Crippen LogP contribution >= 0.6 is 15.9 Å². The number of aromatic hydroxyl groups is 1. The highest BCUT2D eigenvalue weighted by molar-refractivity contribution is 9.10. The highest BCUT2D eigenvalue weighted by Crippen LogP contribution is 2.31. The third kappa shape index (κ3) is 4.36. The van der Waals surface area contributed by atoms with E-state index in [1.807, 2.05) is 6.92 Å². The molecular formula is C12H17BrN2O2. The number of anilines is 1. The first kappa shape index (κ1) is 14.0. The molecule has 0 bridgehead atoms. The van der Waals surface area contributed by atoms with Crippen molar-refractivity contribution in [2.75, 3.05) is 11.9 Å². The Labute approximate surface area is 110 Å². The van der Waals surface area contributed by atoms with Crippen molar-refractivity contribution in [3.05, 3.63) is 22.7 Å². The molecule has 4 nitrogen and oxygen atoms in total. The number of carbonyl (C=O) groups excluding carboxylic acids is 1. The summed E-state index contributed by atoms with van der Waals surface area (Å²) < 4.78 is 0.560. The number of rotatable bonds is 5. The number of amides is 1. The summed E-state index contributed by atoms with van der Waals surface area (Å²) in [5.41, 5.74) is 0.412. The van der Waals surface area contributed by atoms with Gasteiger partial charge in [-0.1, -0.05) is 13.0 Å². The van der Waals surface area contributed by atoms with E-state index in [2.05, 4.69) is 33.5 Å². The Bertz CT molecular complexity index is 396. The van der Waals surface area contributed by atoms with E-state index in [0.29, 0.717) is 16.2 Å². The number of phenolic OH excluding ortho intramolecular Hbond substituents is 1. The van der Waals surface area contributed by atoms with Crippen LogP contribution in [-0.2, 0) is 4.79 Å². The molecular weight excluding hydrogens is 284 g/mol. The molecule has 0 aliphatic rings. The van der Waals surface area contributed by atoms with Gasteiger partial charge in [0.2, 0.25) is 5.91 Å². The van der Waals surface area contributed by atoms with Gasteiger partial charge >= 0.3 is 0 Å². The summed E-state index contributed by atoms with van der Waals surface area (Å²) in [6.45, 7) is 4.31. The fraction of sp³-hybridized carbons (Fsp3) is 0.417. The average molecular weight is 301 g/mol. The standard InChI is InChI=1S/C12H17BrN2O2/c1-3-8(2)14-7-11(16)15-10-6-4-5-9(13)12(10)17/h4-6,8,14,17H,3,7H2,1-2H3,(H,15,16). The van der Waals surface area contributed by atoms with Crippen LogP contribution in [-0.4, -0.2) is 23.6 Å². The second kappa shape index (κ2) is 6.61. The maximum absolute atomic E-state index is 11.6. The maximum Gasteiger partial charge on any atom is 0.238 e. The Balaban J connectivity index is 2.54. The minimum Gasteiger partial charge on any atom is -0.505 e. The van der Waals surface area contributed by atoms with Crippen LogP contribution in [0.4, 0.5) is 5.69 Å². The van der Waals surface area contributed by atoms with Crippen molar-refractivity contribution in [2.24, 2.45) is 0 Å². The van der Waals surface area contributed by atoms with Gasteiger partial charge < -0.3 is 15.7 Å². The van der Waals surface area contributed by atoms with Crippen molar-refractivity contribution in [3.8, 4) is 5.75 Å². The summed E-state index contributed by atoms with van der Waals surface area (Å²) in [6, 6.07) is 5.42. The van der Waals surface area contributed by atoms with E-state index in [0.717, 1.165) is 6.42 Å². The number of hydrogen-bond donors (Lipinski definition) is 3. The quantitative estimate of drug-likeness (QED) is 0.732. The molecule has 0 aliphatic heterocycles. The van der Waals surface area contributed by atoms with E-state index in [-0.39, 0.29) is 18.2 Å². The van der Waals surface area contributed by atoms with Crippen LogP contribution in [0.15, 0.2) is 22.7 Å². The van der Waals surface area contributed by atoms with Crippen LogP contribution in [0.1, 0.15) is 20.3 Å². The predicted molar refractivity (Wildman–Crippen MR) is 72.2 cm³/mol. The van der Waals surface area contributed by atoms with Gasteiger partial charge in [0.25, 0.3) is 0 Å². The third-order valence-corrected chi connectivity index (χ3v) is 3.12. The molecule has 1 amide bonds. The van der Waals surface area contributed by atoms with Gasteiger partial charge in [-0.3, -0.25) is 4.79 Å². The average Bonchev–Trinajstić information content (AvgIpc) is 2.32. The molecule has 17 heavy (non-hydrogen) atoms. The van der Waals surface area contributed by atoms with Gasteiger partial charge in [0.1, 0.15) is 0 Å². The van der Waals surface area contributed by atoms with E-state index in [1.54, 1.807) is 18.2 Å². The van der Waals surface area contributed by atoms with E-state index in [9.17, 15) is 9.90 Å². The molecule has 0 radical (unpaired) electrons. The number of benzene rings is 1. The largest absolute Gasteiger partial charge is 0.505 e. The lowest BCUT2D eigenvalue weighted by molar-refractivity contribution is -0.115. The summed E-state index contributed by atoms with van der Waals surface area (Å²) in [6.07, 6.45) is 0.968. The lowest BCUT2D eigenvalue weighted by atomic mass is 10.2. The molecule has 0 saturated carbocycles. The lowest BCUT2D eigenvalue weighted by Gasteiger charge is -2.12. The molecule has 94 valence electrons. The molecule has 1 atom stereocenters. The van der Waals surface area contributed by atoms with Crippen LogP contribution in [0.2, 0.25) is 0 Å². The first-order valence-electron chi connectivity index (χ1n) is 5.55. The molecule has 0 aromatic heterocycles. The summed E-state index contributed by atoms with van der Waals surface area (Å²) in [7, 11) is 0. The molecule has 0 spiro atoms. The molecule has 0 aliphatic carbocycles. The number of phenols is 1. The third-order valence-electron chi connectivity index (χ3n) is 2.48. The Hall–Kier alpha value is -1.07. The Morgan fingerprint density at radius 2 is 2.24 bits per heavy atom. The van der Waals surface area contributed by atoms with Gasteiger partial charge in [0.15, 0.2) is 5.75 Å². The molecule has 1 unspecified atom stereocenters. The molecule has 3 N–H and O–H groups in total. The zero-order valence-corrected chi connectivity index (χ0v) is 11.5. The lowest BCUT2D eigenvalue weighted by Crippen LogP contribution is -2.33. The second-order valence-corrected chi connectivity index (χ2v) is 4.73. The van der Waals surface area contributed by atoms with Crippen LogP contribution in [0.25, 0.3) is 0 Å². The van der Waals surface area contributed by atoms with E-state index in [4.69, 9.17) is 0 Å². The van der Waals surface area contributed by atoms with Gasteiger partial charge in [0.05, 0.1) is 16.7 Å². The molecule has 1 aromatic carbocycles. The van der Waals surface area contributed by atoms with E-state index in [1.165, 1.54) is 0 Å². The van der Waals surface area contributed by atoms with E-state index >= 15 is 0 Å². The number of halogens is 1. The summed E-state index contributed by atoms with van der Waals surface area (Å²) in [5, 5.41) is 15.4. The smallest absolute Gasteiger partial charge is 0.238 e. The summed E-state index contributed by atoms with van der Waals surface area (Å²) in [5.74, 6) is -0.122. The van der Waals surface area contributed by atoms with Crippen LogP contribution < -0.4 is 10.6 Å². The van der Waals surface area contributed by atoms with Crippen LogP contribution in [0, 0.1) is 0 Å². The monoisotopic (exact) mass is 300 g/mol. The van der Waals surface area contributed by atoms with Gasteiger partial charge in [-0.15, -0.1) is 0 Å². The highest BCUT2D eigenvalue weighted by atomic mass is 79.9. The topological polar surface area (TPSA) is 61.4 Å². The maximum atomic E-state index is 11.6. The van der Waals surface area contributed by atoms with Crippen LogP contribution in [0.3, 0.4) is 0 Å². The Morgan fingerprint density at radius 3 is 2.88 bits per heavy atom. The minimum absolute atomic E-state index is 0.0457. The minimum atomic E-state index is -0.168. The van der Waals surface area contributed by atoms with Crippen molar-refractivity contribution in [3.63, 3.8) is 0 Å². The molecule has 0 saturated heterocycles. The Morgan fingerprint density at radius 1 is 1.53 bits per heavy atom. The predicted octanol–water partition coefficient (Wildman–Crippen LogP) is 2.48. The molecule has 1 aromatic rings. The summed E-state index contributed by atoms with van der Waals surface area (Å²) >= 11 is 3.19. The zero-order chi connectivity index (χ0) is 12.8. The van der Waals surface area contributed by atoms with Gasteiger partial charge in [-0.2, -0.15) is 0 Å². The van der Waals surface area contributed by atoms with Crippen molar-refractivity contribution in [1.82, 2.24) is 5.32 Å². The van der Waals surface area contributed by atoms with Crippen LogP contribution in [0.5, 0.6) is 5.75 Å². The van der Waals surface area contributed by atoms with Gasteiger partial charge in [-0.05, 0) is 41.4 Å². The van der Waals surface area contributed by atoms with Crippen molar-refractivity contribution in [2.45, 2.75) is 26.3 Å². The molecule has 1 rings (SSSR count). The van der Waals surface area contributed by atoms with Gasteiger partial charge in [-0.25, -0.2) is 0 Å². The number of carbonyl (C=O) groups is 1. The number of nitrogens with one attached hydrogen (secondary N) is 2. The first-order valence-corrected chi connectivity index (χ1v) is 6.34. The van der Waals surface area contributed by atoms with E-state index < -0.39 is 0 Å². The first-order chi connectivity index (χ1) is 8.04. The fourth-order valence-corrected chi connectivity index (χ4v) is 1.59. The second-order valence-electron chi connectivity index (χ2n) is 3.87. The normalized spacial score (nSPS) is 12.2. The van der Waals surface area contributed by atoms with Crippen molar-refractivity contribution < 1.29 is 9.90 Å². The molecule has 5 heteroatoms. The zero-order valence-electron chi connectivity index (χ0n) is 9.96. The van der Waals surface area contributed by atoms with Crippen molar-refractivity contribution >= 4 is 27.5 Å². The Kier molecular flexibility index (Phi) is 5.44. The molecule has 0 heterocycles. The molecule has 0 fully saturated rings. The highest BCUT2D eigenvalue weighted by Gasteiger charge is 2.09. The number of hydrogen-bond acceptors (Lipinski definition) is 3.